The zero-order chi connectivity index (χ0) is 4.12. The minimum absolute atomic E-state index is 0. The molecule has 0 rings (SSSR count). The lowest BCUT2D eigenvalue weighted by molar-refractivity contribution is 0.823. The molecule has 0 heterocycles. The standard InChI is InChI=1S/C4H9B.ClH.2H2O/c1-2-3-4-5;;;/h2-4H2,1H3;1H;2*1H2. The third-order valence-corrected chi connectivity index (χ3v) is 0.558. The van der Waals surface area contributed by atoms with Crippen LogP contribution in [0.1, 0.15) is 19.8 Å². The number of halogens is 1. The van der Waals surface area contributed by atoms with Gasteiger partial charge in [-0.25, -0.2) is 0 Å². The highest BCUT2D eigenvalue weighted by molar-refractivity contribution is 6.08. The van der Waals surface area contributed by atoms with E-state index in [1.165, 1.54) is 12.8 Å². The molecule has 0 atom stereocenters. The second kappa shape index (κ2) is 26.7. The van der Waals surface area contributed by atoms with Gasteiger partial charge >= 0.3 is 0 Å². The molecule has 52 valence electrons. The van der Waals surface area contributed by atoms with Gasteiger partial charge in [-0.3, -0.25) is 0 Å². The van der Waals surface area contributed by atoms with Crippen molar-refractivity contribution in [1.29, 1.82) is 0 Å². The molecule has 4 heteroatoms. The maximum atomic E-state index is 5.14. The van der Waals surface area contributed by atoms with Crippen LogP contribution in [0.5, 0.6) is 0 Å². The van der Waals surface area contributed by atoms with E-state index in [0.717, 1.165) is 6.32 Å². The molecule has 0 aromatic heterocycles. The Morgan fingerprint density at radius 2 is 1.62 bits per heavy atom. The van der Waals surface area contributed by atoms with Gasteiger partial charge < -0.3 is 11.0 Å². The van der Waals surface area contributed by atoms with Crippen LogP contribution < -0.4 is 0 Å². The van der Waals surface area contributed by atoms with Crippen LogP contribution in [0.2, 0.25) is 6.32 Å². The second-order valence-corrected chi connectivity index (χ2v) is 1.14. The van der Waals surface area contributed by atoms with Gasteiger partial charge in [0.2, 0.25) is 0 Å². The Labute approximate surface area is 58.1 Å². The van der Waals surface area contributed by atoms with Crippen molar-refractivity contribution in [3.63, 3.8) is 0 Å². The first-order chi connectivity index (χ1) is 2.41. The largest absolute Gasteiger partial charge is 0.412 e. The van der Waals surface area contributed by atoms with Gasteiger partial charge in [-0.15, -0.1) is 12.4 Å². The minimum Gasteiger partial charge on any atom is -0.412 e. The quantitative estimate of drug-likeness (QED) is 0.490. The summed E-state index contributed by atoms with van der Waals surface area (Å²) in [6.45, 7) is 2.13. The summed E-state index contributed by atoms with van der Waals surface area (Å²) >= 11 is 0. The SMILES string of the molecule is Cl.O.O.[B]CCCC. The van der Waals surface area contributed by atoms with Crippen molar-refractivity contribution in [3.8, 4) is 0 Å². The van der Waals surface area contributed by atoms with Crippen molar-refractivity contribution in [3.05, 3.63) is 0 Å². The molecular weight excluding hydrogens is 126 g/mol. The van der Waals surface area contributed by atoms with Gasteiger partial charge in [0.05, 0.1) is 7.85 Å². The fourth-order valence-corrected chi connectivity index (χ4v) is 0.204. The average Bonchev–Trinajstić information content (AvgIpc) is 1.41. The fraction of sp³-hybridized carbons (Fsp3) is 1.00. The van der Waals surface area contributed by atoms with Crippen LogP contribution in [0.4, 0.5) is 0 Å². The monoisotopic (exact) mass is 140 g/mol. The van der Waals surface area contributed by atoms with Crippen molar-refractivity contribution >= 4 is 20.3 Å². The van der Waals surface area contributed by atoms with Gasteiger partial charge in [0.25, 0.3) is 0 Å². The van der Waals surface area contributed by atoms with Crippen molar-refractivity contribution in [2.45, 2.75) is 26.1 Å². The Balaban J connectivity index is -0.0000000267. The molecule has 0 unspecified atom stereocenters. The Kier molecular flexibility index (Phi) is 80.0. The maximum absolute atomic E-state index is 5.14. The lowest BCUT2D eigenvalue weighted by atomic mass is 10.0. The van der Waals surface area contributed by atoms with Crippen molar-refractivity contribution in [2.24, 2.45) is 0 Å². The molecule has 0 fully saturated rings. The molecular formula is C4H14BClO2. The van der Waals surface area contributed by atoms with Crippen molar-refractivity contribution in [1.82, 2.24) is 0 Å². The summed E-state index contributed by atoms with van der Waals surface area (Å²) in [6, 6.07) is 0. The van der Waals surface area contributed by atoms with E-state index >= 15 is 0 Å². The Hall–Kier alpha value is 0.275. The van der Waals surface area contributed by atoms with Crippen LogP contribution in [0.15, 0.2) is 0 Å². The lowest BCUT2D eigenvalue weighted by Gasteiger charge is -1.79. The number of unbranched alkanes of at least 4 members (excludes halogenated alkanes) is 1. The molecule has 0 saturated heterocycles. The summed E-state index contributed by atoms with van der Waals surface area (Å²) in [6.07, 6.45) is 3.23. The summed E-state index contributed by atoms with van der Waals surface area (Å²) in [5, 5.41) is 0. The van der Waals surface area contributed by atoms with Gasteiger partial charge in [-0.05, 0) is 0 Å². The third-order valence-electron chi connectivity index (χ3n) is 0.558. The highest BCUT2D eigenvalue weighted by Gasteiger charge is 1.68. The van der Waals surface area contributed by atoms with Gasteiger partial charge in [0.15, 0.2) is 0 Å². The molecule has 0 aromatic rings. The van der Waals surface area contributed by atoms with E-state index in [1.54, 1.807) is 0 Å². The highest BCUT2D eigenvalue weighted by Crippen LogP contribution is 1.86. The predicted octanol–water partition coefficient (Wildman–Crippen LogP) is 0.146. The van der Waals surface area contributed by atoms with Crippen LogP contribution >= 0.6 is 12.4 Å². The van der Waals surface area contributed by atoms with Crippen LogP contribution in [-0.4, -0.2) is 18.8 Å². The van der Waals surface area contributed by atoms with Crippen LogP contribution in [-0.2, 0) is 0 Å². The van der Waals surface area contributed by atoms with Gasteiger partial charge in [0.1, 0.15) is 0 Å². The smallest absolute Gasteiger partial charge is 0.0652 e. The molecule has 4 N–H and O–H groups in total. The zero-order valence-corrected chi connectivity index (χ0v) is 5.92. The van der Waals surface area contributed by atoms with Crippen LogP contribution in [0.25, 0.3) is 0 Å². The lowest BCUT2D eigenvalue weighted by Crippen LogP contribution is -1.63. The maximum Gasteiger partial charge on any atom is 0.0652 e. The van der Waals surface area contributed by atoms with Gasteiger partial charge in [0, 0.05) is 0 Å². The molecule has 0 aliphatic rings. The van der Waals surface area contributed by atoms with E-state index in [4.69, 9.17) is 7.85 Å². The van der Waals surface area contributed by atoms with Crippen LogP contribution in [0.3, 0.4) is 0 Å². The van der Waals surface area contributed by atoms with E-state index in [2.05, 4.69) is 6.92 Å². The van der Waals surface area contributed by atoms with E-state index in [1.807, 2.05) is 0 Å². The molecule has 0 saturated carbocycles. The van der Waals surface area contributed by atoms with Gasteiger partial charge in [-0.2, -0.15) is 0 Å². The first-order valence-electron chi connectivity index (χ1n) is 2.12. The molecule has 2 radical (unpaired) electrons. The Bertz CT molecular complexity index is 21.5. The number of hydrogen-bond acceptors (Lipinski definition) is 0. The molecule has 2 nitrogen and oxygen atoms in total. The highest BCUT2D eigenvalue weighted by atomic mass is 35.5. The summed E-state index contributed by atoms with van der Waals surface area (Å²) in [7, 11) is 5.14. The zero-order valence-electron chi connectivity index (χ0n) is 5.11. The second-order valence-electron chi connectivity index (χ2n) is 1.14. The number of rotatable bonds is 2. The van der Waals surface area contributed by atoms with E-state index < -0.39 is 0 Å². The Morgan fingerprint density at radius 1 is 1.25 bits per heavy atom. The molecule has 0 aromatic carbocycles. The normalized spacial score (nSPS) is 5.12. The third kappa shape index (κ3) is 33.7. The Morgan fingerprint density at radius 3 is 1.62 bits per heavy atom. The summed E-state index contributed by atoms with van der Waals surface area (Å²) in [4.78, 5) is 0. The predicted molar refractivity (Wildman–Crippen MR) is 39.9 cm³/mol. The first kappa shape index (κ1) is 24.0. The van der Waals surface area contributed by atoms with Crippen LogP contribution in [0, 0.1) is 0 Å². The first-order valence-corrected chi connectivity index (χ1v) is 2.12. The topological polar surface area (TPSA) is 63.0 Å². The molecule has 0 amide bonds. The van der Waals surface area contributed by atoms with E-state index in [-0.39, 0.29) is 23.4 Å². The molecule has 0 aliphatic carbocycles. The minimum atomic E-state index is 0. The fourth-order valence-electron chi connectivity index (χ4n) is 0.204. The molecule has 0 spiro atoms. The average molecular weight is 140 g/mol. The summed E-state index contributed by atoms with van der Waals surface area (Å²) < 4.78 is 0. The summed E-state index contributed by atoms with van der Waals surface area (Å²) in [5.74, 6) is 0. The van der Waals surface area contributed by atoms with E-state index in [0.29, 0.717) is 0 Å². The molecule has 0 aliphatic heterocycles. The van der Waals surface area contributed by atoms with Crippen molar-refractivity contribution < 1.29 is 11.0 Å². The van der Waals surface area contributed by atoms with Gasteiger partial charge in [-0.1, -0.05) is 26.1 Å². The molecule has 0 bridgehead atoms. The number of hydrogen-bond donors (Lipinski definition) is 0. The van der Waals surface area contributed by atoms with Crippen molar-refractivity contribution in [2.75, 3.05) is 0 Å². The molecule has 8 heavy (non-hydrogen) atoms. The van der Waals surface area contributed by atoms with E-state index in [9.17, 15) is 0 Å². The summed E-state index contributed by atoms with van der Waals surface area (Å²) in [5.41, 5.74) is 0.